The Kier molecular flexibility index (Phi) is 4.34. The van der Waals surface area contributed by atoms with Crippen molar-refractivity contribution in [2.24, 2.45) is 0 Å². The summed E-state index contributed by atoms with van der Waals surface area (Å²) in [6.45, 7) is 1.83. The minimum absolute atomic E-state index is 0.225. The lowest BCUT2D eigenvalue weighted by Gasteiger charge is -2.35. The van der Waals surface area contributed by atoms with Crippen molar-refractivity contribution in [2.75, 3.05) is 5.32 Å². The summed E-state index contributed by atoms with van der Waals surface area (Å²) in [5.74, 6) is -0.453. The van der Waals surface area contributed by atoms with Crippen LogP contribution >= 0.6 is 15.9 Å². The Hall–Kier alpha value is -2.34. The van der Waals surface area contributed by atoms with Crippen LogP contribution < -0.4 is 10.7 Å². The van der Waals surface area contributed by atoms with E-state index in [9.17, 15) is 9.59 Å². The smallest absolute Gasteiger partial charge is 0.276 e. The predicted octanol–water partition coefficient (Wildman–Crippen LogP) is 2.94. The van der Waals surface area contributed by atoms with E-state index in [2.05, 4.69) is 26.7 Å². The van der Waals surface area contributed by atoms with Gasteiger partial charge in [-0.15, -0.1) is 0 Å². The number of anilines is 1. The highest BCUT2D eigenvalue weighted by molar-refractivity contribution is 9.10. The van der Waals surface area contributed by atoms with Crippen molar-refractivity contribution in [3.05, 3.63) is 64.1 Å². The molecule has 2 aromatic carbocycles. The molecule has 1 unspecified atom stereocenters. The Morgan fingerprint density at radius 1 is 1.26 bits per heavy atom. The number of rotatable bonds is 3. The van der Waals surface area contributed by atoms with Gasteiger partial charge < -0.3 is 5.32 Å². The van der Waals surface area contributed by atoms with E-state index >= 15 is 0 Å². The van der Waals surface area contributed by atoms with Gasteiger partial charge in [-0.1, -0.05) is 46.3 Å². The number of fused-ring (bicyclic) bond motifs is 1. The van der Waals surface area contributed by atoms with Crippen LogP contribution in [0.3, 0.4) is 0 Å². The van der Waals surface area contributed by atoms with E-state index in [1.54, 1.807) is 6.07 Å². The maximum absolute atomic E-state index is 12.6. The Labute approximate surface area is 142 Å². The molecule has 0 radical (unpaired) electrons. The zero-order chi connectivity index (χ0) is 16.4. The van der Waals surface area contributed by atoms with Crippen LogP contribution in [0.2, 0.25) is 0 Å². The van der Waals surface area contributed by atoms with Crippen molar-refractivity contribution in [2.45, 2.75) is 19.5 Å². The number of carbonyl (C=O) groups excluding carboxylic acids is 2. The molecule has 0 spiro atoms. The lowest BCUT2D eigenvalue weighted by Crippen LogP contribution is -2.56. The third-order valence-electron chi connectivity index (χ3n) is 3.64. The molecule has 0 saturated heterocycles. The SMILES string of the molecule is CC1Nc2ccc(Br)cc2C(=O)N1NC(=O)Cc1ccccc1. The summed E-state index contributed by atoms with van der Waals surface area (Å²) in [7, 11) is 0. The Balaban J connectivity index is 1.75. The van der Waals surface area contributed by atoms with Crippen LogP contribution in [0.4, 0.5) is 5.69 Å². The predicted molar refractivity (Wildman–Crippen MR) is 91.7 cm³/mol. The highest BCUT2D eigenvalue weighted by Gasteiger charge is 2.30. The fraction of sp³-hybridized carbons (Fsp3) is 0.176. The molecule has 0 aliphatic carbocycles. The summed E-state index contributed by atoms with van der Waals surface area (Å²) in [5, 5.41) is 4.54. The number of nitrogens with zero attached hydrogens (tertiary/aromatic N) is 1. The van der Waals surface area contributed by atoms with Gasteiger partial charge in [-0.2, -0.15) is 0 Å². The van der Waals surface area contributed by atoms with Gasteiger partial charge in [0.25, 0.3) is 5.91 Å². The minimum atomic E-state index is -0.323. The molecule has 23 heavy (non-hydrogen) atoms. The third-order valence-corrected chi connectivity index (χ3v) is 4.13. The summed E-state index contributed by atoms with van der Waals surface area (Å²) in [4.78, 5) is 24.8. The average molecular weight is 374 g/mol. The first-order chi connectivity index (χ1) is 11.0. The molecular formula is C17H16BrN3O2. The van der Waals surface area contributed by atoms with E-state index in [1.807, 2.05) is 49.4 Å². The molecule has 3 rings (SSSR count). The van der Waals surface area contributed by atoms with Crippen molar-refractivity contribution >= 4 is 33.4 Å². The van der Waals surface area contributed by atoms with E-state index in [4.69, 9.17) is 0 Å². The lowest BCUT2D eigenvalue weighted by atomic mass is 10.1. The largest absolute Gasteiger partial charge is 0.363 e. The van der Waals surface area contributed by atoms with Crippen LogP contribution in [0.1, 0.15) is 22.8 Å². The molecule has 1 atom stereocenters. The van der Waals surface area contributed by atoms with Crippen LogP contribution in [0, 0.1) is 0 Å². The highest BCUT2D eigenvalue weighted by atomic mass is 79.9. The van der Waals surface area contributed by atoms with Gasteiger partial charge in [0.1, 0.15) is 6.17 Å². The van der Waals surface area contributed by atoms with Gasteiger partial charge in [-0.3, -0.25) is 15.0 Å². The molecule has 1 aliphatic rings. The quantitative estimate of drug-likeness (QED) is 0.869. The zero-order valence-corrected chi connectivity index (χ0v) is 14.1. The highest BCUT2D eigenvalue weighted by Crippen LogP contribution is 2.27. The summed E-state index contributed by atoms with van der Waals surface area (Å²) in [6.07, 6.45) is -0.0984. The Morgan fingerprint density at radius 3 is 2.74 bits per heavy atom. The first kappa shape index (κ1) is 15.6. The standard InChI is InChI=1S/C17H16BrN3O2/c1-11-19-15-8-7-13(18)10-14(15)17(23)21(11)20-16(22)9-12-5-3-2-4-6-12/h2-8,10-11,19H,9H2,1H3,(H,20,22). The second-order valence-electron chi connectivity index (χ2n) is 5.38. The fourth-order valence-electron chi connectivity index (χ4n) is 2.52. The molecule has 0 aromatic heterocycles. The van der Waals surface area contributed by atoms with Crippen LogP contribution in [0.5, 0.6) is 0 Å². The number of nitrogens with one attached hydrogen (secondary N) is 2. The second kappa shape index (κ2) is 6.42. The van der Waals surface area contributed by atoms with E-state index in [0.29, 0.717) is 5.56 Å². The summed E-state index contributed by atoms with van der Waals surface area (Å²) < 4.78 is 0.816. The molecule has 1 aliphatic heterocycles. The number of hydrogen-bond acceptors (Lipinski definition) is 3. The van der Waals surface area contributed by atoms with Gasteiger partial charge >= 0.3 is 0 Å². The molecule has 6 heteroatoms. The number of benzene rings is 2. The second-order valence-corrected chi connectivity index (χ2v) is 6.30. The molecule has 0 saturated carbocycles. The number of amides is 2. The molecule has 5 nitrogen and oxygen atoms in total. The van der Waals surface area contributed by atoms with Crippen molar-refractivity contribution in [1.82, 2.24) is 10.4 Å². The first-order valence-corrected chi connectivity index (χ1v) is 8.07. The number of hydrogen-bond donors (Lipinski definition) is 2. The van der Waals surface area contributed by atoms with Crippen LogP contribution in [-0.2, 0) is 11.2 Å². The number of halogens is 1. The normalized spacial score (nSPS) is 16.5. The van der Waals surface area contributed by atoms with E-state index in [1.165, 1.54) is 5.01 Å². The molecule has 2 N–H and O–H groups in total. The molecule has 0 bridgehead atoms. The maximum Gasteiger partial charge on any atom is 0.276 e. The van der Waals surface area contributed by atoms with Crippen molar-refractivity contribution in [3.8, 4) is 0 Å². The first-order valence-electron chi connectivity index (χ1n) is 7.27. The fourth-order valence-corrected chi connectivity index (χ4v) is 2.88. The van der Waals surface area contributed by atoms with Gasteiger partial charge in [0.2, 0.25) is 5.91 Å². The van der Waals surface area contributed by atoms with Crippen LogP contribution in [0.15, 0.2) is 53.0 Å². The monoisotopic (exact) mass is 373 g/mol. The lowest BCUT2D eigenvalue weighted by molar-refractivity contribution is -0.124. The number of carbonyl (C=O) groups is 2. The molecule has 0 fully saturated rings. The van der Waals surface area contributed by atoms with E-state index in [-0.39, 0.29) is 24.4 Å². The van der Waals surface area contributed by atoms with Gasteiger partial charge in [0.15, 0.2) is 0 Å². The molecule has 1 heterocycles. The van der Waals surface area contributed by atoms with Crippen molar-refractivity contribution < 1.29 is 9.59 Å². The molecule has 2 aromatic rings. The van der Waals surface area contributed by atoms with E-state index in [0.717, 1.165) is 15.7 Å². The summed E-state index contributed by atoms with van der Waals surface area (Å²) in [6, 6.07) is 14.9. The number of hydrazine groups is 1. The van der Waals surface area contributed by atoms with Crippen molar-refractivity contribution in [3.63, 3.8) is 0 Å². The molecular weight excluding hydrogens is 358 g/mol. The third kappa shape index (κ3) is 3.37. The Morgan fingerprint density at radius 2 is 2.00 bits per heavy atom. The van der Waals surface area contributed by atoms with Crippen LogP contribution in [-0.4, -0.2) is 23.0 Å². The zero-order valence-electron chi connectivity index (χ0n) is 12.5. The minimum Gasteiger partial charge on any atom is -0.363 e. The average Bonchev–Trinajstić information content (AvgIpc) is 2.53. The Bertz CT molecular complexity index is 749. The van der Waals surface area contributed by atoms with E-state index < -0.39 is 0 Å². The van der Waals surface area contributed by atoms with Crippen molar-refractivity contribution in [1.29, 1.82) is 0 Å². The maximum atomic E-state index is 12.6. The topological polar surface area (TPSA) is 61.4 Å². The van der Waals surface area contributed by atoms with Gasteiger partial charge in [-0.05, 0) is 30.7 Å². The summed E-state index contributed by atoms with van der Waals surface area (Å²) in [5.41, 5.74) is 4.88. The molecule has 118 valence electrons. The molecule has 2 amide bonds. The van der Waals surface area contributed by atoms with Gasteiger partial charge in [0.05, 0.1) is 12.0 Å². The van der Waals surface area contributed by atoms with Crippen LogP contribution in [0.25, 0.3) is 0 Å². The van der Waals surface area contributed by atoms with Gasteiger partial charge in [-0.25, -0.2) is 5.01 Å². The van der Waals surface area contributed by atoms with Gasteiger partial charge in [0, 0.05) is 10.2 Å². The summed E-state index contributed by atoms with van der Waals surface area (Å²) >= 11 is 3.36.